The van der Waals surface area contributed by atoms with Crippen LogP contribution in [0.15, 0.2) is 23.1 Å². The lowest BCUT2D eigenvalue weighted by Crippen LogP contribution is -2.30. The van der Waals surface area contributed by atoms with Crippen molar-refractivity contribution in [1.82, 2.24) is 4.31 Å². The van der Waals surface area contributed by atoms with E-state index in [-0.39, 0.29) is 23.1 Å². The molecule has 2 atom stereocenters. The summed E-state index contributed by atoms with van der Waals surface area (Å²) in [5.41, 5.74) is 1.40. The molecule has 1 saturated heterocycles. The molecule has 0 spiro atoms. The number of amides is 1. The number of carbonyl (C=O) groups is 1. The minimum atomic E-state index is -3.56. The van der Waals surface area contributed by atoms with E-state index in [1.54, 1.807) is 19.1 Å². The number of carbonyl (C=O) groups excluding carboxylic acids is 1. The molecule has 2 N–H and O–H groups in total. The zero-order valence-corrected chi connectivity index (χ0v) is 12.6. The Bertz CT molecular complexity index is 684. The van der Waals surface area contributed by atoms with Crippen LogP contribution in [0.4, 0.5) is 5.69 Å². The number of fused-ring (bicyclic) bond motifs is 1. The molecular weight excluding hydrogens is 292 g/mol. The third kappa shape index (κ3) is 2.56. The summed E-state index contributed by atoms with van der Waals surface area (Å²) in [6, 6.07) is 4.73. The standard InChI is InChI=1S/C14H18N2O4S/c1-9(17)10-4-5-16(8-10)21(19,20)12-2-3-13-11(6-12)7-14(18)15-13/h2-3,6,9-10,17H,4-5,7-8H2,1H3,(H,15,18). The second-order valence-electron chi connectivity index (χ2n) is 5.70. The fraction of sp³-hybridized carbons (Fsp3) is 0.500. The summed E-state index contributed by atoms with van der Waals surface area (Å²) in [5, 5.41) is 12.3. The van der Waals surface area contributed by atoms with E-state index in [0.717, 1.165) is 0 Å². The van der Waals surface area contributed by atoms with E-state index in [1.807, 2.05) is 0 Å². The number of aliphatic hydroxyl groups is 1. The Hall–Kier alpha value is -1.44. The third-order valence-corrected chi connectivity index (χ3v) is 6.07. The van der Waals surface area contributed by atoms with Gasteiger partial charge in [0.15, 0.2) is 0 Å². The van der Waals surface area contributed by atoms with Gasteiger partial charge in [-0.3, -0.25) is 4.79 Å². The van der Waals surface area contributed by atoms with Gasteiger partial charge in [0.25, 0.3) is 0 Å². The Morgan fingerprint density at radius 1 is 1.43 bits per heavy atom. The summed E-state index contributed by atoms with van der Waals surface area (Å²) in [4.78, 5) is 11.5. The molecule has 7 heteroatoms. The molecule has 1 fully saturated rings. The molecule has 3 rings (SSSR count). The highest BCUT2D eigenvalue weighted by Gasteiger charge is 2.35. The molecule has 0 saturated carbocycles. The largest absolute Gasteiger partial charge is 0.393 e. The monoisotopic (exact) mass is 310 g/mol. The molecule has 2 heterocycles. The maximum Gasteiger partial charge on any atom is 0.243 e. The van der Waals surface area contributed by atoms with Crippen molar-refractivity contribution in [1.29, 1.82) is 0 Å². The number of sulfonamides is 1. The van der Waals surface area contributed by atoms with Crippen molar-refractivity contribution in [2.24, 2.45) is 5.92 Å². The third-order valence-electron chi connectivity index (χ3n) is 4.21. The van der Waals surface area contributed by atoms with Crippen LogP contribution >= 0.6 is 0 Å². The van der Waals surface area contributed by atoms with Crippen molar-refractivity contribution in [2.45, 2.75) is 30.8 Å². The zero-order valence-electron chi connectivity index (χ0n) is 11.7. The maximum atomic E-state index is 12.6. The topological polar surface area (TPSA) is 86.7 Å². The van der Waals surface area contributed by atoms with Crippen LogP contribution in [0.2, 0.25) is 0 Å². The van der Waals surface area contributed by atoms with Gasteiger partial charge in [-0.2, -0.15) is 4.31 Å². The molecule has 21 heavy (non-hydrogen) atoms. The molecule has 6 nitrogen and oxygen atoms in total. The predicted octanol–water partition coefficient (Wildman–Crippen LogP) is 0.573. The van der Waals surface area contributed by atoms with Gasteiger partial charge in [0.05, 0.1) is 17.4 Å². The first-order chi connectivity index (χ1) is 9.88. The molecule has 0 bridgehead atoms. The van der Waals surface area contributed by atoms with Gasteiger partial charge in [0, 0.05) is 18.8 Å². The van der Waals surface area contributed by atoms with E-state index >= 15 is 0 Å². The highest BCUT2D eigenvalue weighted by Crippen LogP contribution is 2.30. The molecule has 114 valence electrons. The second-order valence-corrected chi connectivity index (χ2v) is 7.63. The highest BCUT2D eigenvalue weighted by atomic mass is 32.2. The number of hydrogen-bond acceptors (Lipinski definition) is 4. The summed E-state index contributed by atoms with van der Waals surface area (Å²) >= 11 is 0. The highest BCUT2D eigenvalue weighted by molar-refractivity contribution is 7.89. The lowest BCUT2D eigenvalue weighted by molar-refractivity contribution is -0.115. The number of nitrogens with zero attached hydrogens (tertiary/aromatic N) is 1. The predicted molar refractivity (Wildman–Crippen MR) is 77.3 cm³/mol. The van der Waals surface area contributed by atoms with Crippen LogP contribution in [0.5, 0.6) is 0 Å². The van der Waals surface area contributed by atoms with Gasteiger partial charge < -0.3 is 10.4 Å². The van der Waals surface area contributed by atoms with Crippen LogP contribution < -0.4 is 5.32 Å². The molecule has 2 unspecified atom stereocenters. The van der Waals surface area contributed by atoms with Gasteiger partial charge >= 0.3 is 0 Å². The average Bonchev–Trinajstić information content (AvgIpc) is 3.03. The zero-order chi connectivity index (χ0) is 15.2. The van der Waals surface area contributed by atoms with E-state index in [1.165, 1.54) is 10.4 Å². The van der Waals surface area contributed by atoms with E-state index in [4.69, 9.17) is 0 Å². The van der Waals surface area contributed by atoms with Crippen molar-refractivity contribution >= 4 is 21.6 Å². The molecule has 0 radical (unpaired) electrons. The fourth-order valence-corrected chi connectivity index (χ4v) is 4.44. The van der Waals surface area contributed by atoms with Crippen molar-refractivity contribution in [3.63, 3.8) is 0 Å². The number of aliphatic hydroxyl groups excluding tert-OH is 1. The lowest BCUT2D eigenvalue weighted by Gasteiger charge is -2.18. The quantitative estimate of drug-likeness (QED) is 0.854. The average molecular weight is 310 g/mol. The van der Waals surface area contributed by atoms with Crippen LogP contribution in [-0.2, 0) is 21.2 Å². The van der Waals surface area contributed by atoms with Crippen molar-refractivity contribution < 1.29 is 18.3 Å². The smallest absolute Gasteiger partial charge is 0.243 e. The van der Waals surface area contributed by atoms with Gasteiger partial charge in [-0.25, -0.2) is 8.42 Å². The Morgan fingerprint density at radius 3 is 2.86 bits per heavy atom. The van der Waals surface area contributed by atoms with Crippen LogP contribution in [0.1, 0.15) is 18.9 Å². The van der Waals surface area contributed by atoms with Gasteiger partial charge in [-0.15, -0.1) is 0 Å². The van der Waals surface area contributed by atoms with Gasteiger partial charge in [0.1, 0.15) is 0 Å². The number of rotatable bonds is 3. The van der Waals surface area contributed by atoms with Gasteiger partial charge in [-0.05, 0) is 43.0 Å². The Labute approximate surface area is 123 Å². The minimum absolute atomic E-state index is 0.0163. The fourth-order valence-electron chi connectivity index (χ4n) is 2.88. The van der Waals surface area contributed by atoms with Crippen molar-refractivity contribution in [2.75, 3.05) is 18.4 Å². The number of hydrogen-bond donors (Lipinski definition) is 2. The maximum absolute atomic E-state index is 12.6. The van der Waals surface area contributed by atoms with E-state index in [2.05, 4.69) is 5.32 Å². The van der Waals surface area contributed by atoms with Crippen LogP contribution in [-0.4, -0.2) is 42.9 Å². The van der Waals surface area contributed by atoms with Crippen LogP contribution in [0.25, 0.3) is 0 Å². The van der Waals surface area contributed by atoms with Gasteiger partial charge in [0.2, 0.25) is 15.9 Å². The molecule has 0 aromatic heterocycles. The molecule has 1 amide bonds. The number of benzene rings is 1. The van der Waals surface area contributed by atoms with E-state index < -0.39 is 16.1 Å². The summed E-state index contributed by atoms with van der Waals surface area (Å²) in [5.74, 6) is -0.132. The minimum Gasteiger partial charge on any atom is -0.393 e. The molecular formula is C14H18N2O4S. The van der Waals surface area contributed by atoms with Crippen molar-refractivity contribution in [3.05, 3.63) is 23.8 Å². The van der Waals surface area contributed by atoms with E-state index in [9.17, 15) is 18.3 Å². The molecule has 2 aliphatic rings. The SMILES string of the molecule is CC(O)C1CCN(S(=O)(=O)c2ccc3c(c2)CC(=O)N3)C1. The summed E-state index contributed by atoms with van der Waals surface area (Å²) < 4.78 is 26.7. The van der Waals surface area contributed by atoms with Crippen LogP contribution in [0.3, 0.4) is 0 Å². The first-order valence-electron chi connectivity index (χ1n) is 6.99. The lowest BCUT2D eigenvalue weighted by atomic mass is 10.0. The molecule has 1 aromatic carbocycles. The Balaban J connectivity index is 1.87. The number of anilines is 1. The second kappa shape index (κ2) is 5.08. The Morgan fingerprint density at radius 2 is 2.19 bits per heavy atom. The summed E-state index contributed by atoms with van der Waals surface area (Å²) in [6.45, 7) is 2.45. The molecule has 2 aliphatic heterocycles. The normalized spacial score (nSPS) is 23.9. The molecule has 0 aliphatic carbocycles. The van der Waals surface area contributed by atoms with Crippen molar-refractivity contribution in [3.8, 4) is 0 Å². The Kier molecular flexibility index (Phi) is 3.51. The molecule has 1 aromatic rings. The van der Waals surface area contributed by atoms with E-state index in [0.29, 0.717) is 30.8 Å². The summed E-state index contributed by atoms with van der Waals surface area (Å²) in [6.07, 6.45) is 0.378. The van der Waals surface area contributed by atoms with Gasteiger partial charge in [-0.1, -0.05) is 0 Å². The summed E-state index contributed by atoms with van der Waals surface area (Å²) in [7, 11) is -3.56. The number of nitrogens with one attached hydrogen (secondary N) is 1. The first-order valence-corrected chi connectivity index (χ1v) is 8.43. The van der Waals surface area contributed by atoms with Crippen LogP contribution in [0, 0.1) is 5.92 Å². The first kappa shape index (κ1) is 14.5.